The third-order valence-electron chi connectivity index (χ3n) is 2.57. The molecule has 98 valence electrons. The second-order valence-corrected chi connectivity index (χ2v) is 4.10. The van der Waals surface area contributed by atoms with Crippen molar-refractivity contribution in [1.82, 2.24) is 5.32 Å². The predicted molar refractivity (Wildman–Crippen MR) is 66.7 cm³/mol. The van der Waals surface area contributed by atoms with Crippen LogP contribution in [0.25, 0.3) is 0 Å². The molecule has 1 aromatic rings. The molecule has 1 unspecified atom stereocenters. The zero-order valence-electron chi connectivity index (χ0n) is 10.7. The summed E-state index contributed by atoms with van der Waals surface area (Å²) in [6, 6.07) is 4.53. The number of aliphatic carboxylic acids is 1. The van der Waals surface area contributed by atoms with E-state index in [9.17, 15) is 9.59 Å². The van der Waals surface area contributed by atoms with Gasteiger partial charge in [-0.2, -0.15) is 0 Å². The molecule has 0 aliphatic heterocycles. The van der Waals surface area contributed by atoms with Gasteiger partial charge in [0.05, 0.1) is 7.11 Å². The highest BCUT2D eigenvalue weighted by Crippen LogP contribution is 2.19. The zero-order chi connectivity index (χ0) is 13.7. The molecule has 0 radical (unpaired) electrons. The van der Waals surface area contributed by atoms with Crippen LogP contribution in [-0.4, -0.2) is 30.1 Å². The Balaban J connectivity index is 2.84. The van der Waals surface area contributed by atoms with Crippen LogP contribution in [0.15, 0.2) is 18.2 Å². The van der Waals surface area contributed by atoms with Crippen molar-refractivity contribution in [2.24, 2.45) is 0 Å². The lowest BCUT2D eigenvalue weighted by molar-refractivity contribution is -0.141. The lowest BCUT2D eigenvalue weighted by atomic mass is 10.0. The zero-order valence-corrected chi connectivity index (χ0v) is 10.7. The predicted octanol–water partition coefficient (Wildman–Crippen LogP) is 1.14. The summed E-state index contributed by atoms with van der Waals surface area (Å²) in [6.07, 6.45) is 0.250. The largest absolute Gasteiger partial charge is 0.496 e. The first kappa shape index (κ1) is 14.0. The van der Waals surface area contributed by atoms with Crippen LogP contribution in [0, 0.1) is 6.92 Å². The van der Waals surface area contributed by atoms with E-state index >= 15 is 0 Å². The van der Waals surface area contributed by atoms with Crippen molar-refractivity contribution in [2.75, 3.05) is 7.11 Å². The number of carbonyl (C=O) groups excluding carboxylic acids is 1. The molecule has 2 N–H and O–H groups in total. The number of rotatable bonds is 5. The Morgan fingerprint density at radius 2 is 2.11 bits per heavy atom. The smallest absolute Gasteiger partial charge is 0.326 e. The number of nitrogens with one attached hydrogen (secondary N) is 1. The Labute approximate surface area is 106 Å². The molecule has 1 atom stereocenters. The maximum absolute atomic E-state index is 11.0. The van der Waals surface area contributed by atoms with Crippen molar-refractivity contribution in [1.29, 1.82) is 0 Å². The van der Waals surface area contributed by atoms with Gasteiger partial charge in [0.1, 0.15) is 11.8 Å². The van der Waals surface area contributed by atoms with Crippen LogP contribution >= 0.6 is 0 Å². The van der Waals surface area contributed by atoms with Gasteiger partial charge in [-0.3, -0.25) is 4.79 Å². The summed E-state index contributed by atoms with van der Waals surface area (Å²) >= 11 is 0. The Kier molecular flexibility index (Phi) is 4.71. The third kappa shape index (κ3) is 3.76. The van der Waals surface area contributed by atoms with Crippen molar-refractivity contribution >= 4 is 11.9 Å². The van der Waals surface area contributed by atoms with Crippen molar-refractivity contribution in [3.63, 3.8) is 0 Å². The molecular formula is C13H17NO4. The van der Waals surface area contributed by atoms with Gasteiger partial charge >= 0.3 is 5.97 Å². The number of carbonyl (C=O) groups is 2. The number of carboxylic acids is 1. The lowest BCUT2D eigenvalue weighted by Crippen LogP contribution is -2.41. The van der Waals surface area contributed by atoms with E-state index in [0.29, 0.717) is 0 Å². The van der Waals surface area contributed by atoms with E-state index in [1.54, 1.807) is 19.2 Å². The van der Waals surface area contributed by atoms with Crippen LogP contribution in [0.5, 0.6) is 5.75 Å². The fourth-order valence-electron chi connectivity index (χ4n) is 1.75. The molecule has 1 aromatic carbocycles. The summed E-state index contributed by atoms with van der Waals surface area (Å²) in [5.41, 5.74) is 1.77. The highest BCUT2D eigenvalue weighted by molar-refractivity contribution is 5.82. The highest BCUT2D eigenvalue weighted by atomic mass is 16.5. The lowest BCUT2D eigenvalue weighted by Gasteiger charge is -2.14. The van der Waals surface area contributed by atoms with Crippen LogP contribution in [0.3, 0.4) is 0 Å². The van der Waals surface area contributed by atoms with Gasteiger partial charge in [0.25, 0.3) is 0 Å². The fraction of sp³-hybridized carbons (Fsp3) is 0.385. The van der Waals surface area contributed by atoms with Gasteiger partial charge in [-0.05, 0) is 24.1 Å². The molecule has 0 saturated heterocycles. The summed E-state index contributed by atoms with van der Waals surface area (Å²) in [7, 11) is 1.58. The van der Waals surface area contributed by atoms with E-state index in [1.807, 2.05) is 13.0 Å². The first-order chi connectivity index (χ1) is 8.43. The minimum Gasteiger partial charge on any atom is -0.496 e. The van der Waals surface area contributed by atoms with Crippen LogP contribution < -0.4 is 10.1 Å². The summed E-state index contributed by atoms with van der Waals surface area (Å²) in [5.74, 6) is -0.642. The van der Waals surface area contributed by atoms with Crippen LogP contribution in [-0.2, 0) is 16.0 Å². The van der Waals surface area contributed by atoms with E-state index in [-0.39, 0.29) is 12.3 Å². The molecule has 0 spiro atoms. The monoisotopic (exact) mass is 251 g/mol. The second kappa shape index (κ2) is 6.05. The minimum atomic E-state index is -1.04. The van der Waals surface area contributed by atoms with Crippen molar-refractivity contribution < 1.29 is 19.4 Å². The van der Waals surface area contributed by atoms with E-state index in [1.165, 1.54) is 6.92 Å². The van der Waals surface area contributed by atoms with Crippen molar-refractivity contribution in [3.8, 4) is 5.75 Å². The molecule has 0 heterocycles. The van der Waals surface area contributed by atoms with Crippen LogP contribution in [0.4, 0.5) is 0 Å². The number of amides is 1. The molecule has 18 heavy (non-hydrogen) atoms. The van der Waals surface area contributed by atoms with Crippen molar-refractivity contribution in [3.05, 3.63) is 29.3 Å². The molecule has 0 aliphatic rings. The molecule has 0 aromatic heterocycles. The number of hydrogen-bond acceptors (Lipinski definition) is 3. The molecule has 5 heteroatoms. The average molecular weight is 251 g/mol. The highest BCUT2D eigenvalue weighted by Gasteiger charge is 2.19. The van der Waals surface area contributed by atoms with Gasteiger partial charge in [-0.1, -0.05) is 12.1 Å². The van der Waals surface area contributed by atoms with Crippen LogP contribution in [0.2, 0.25) is 0 Å². The van der Waals surface area contributed by atoms with Crippen LogP contribution in [0.1, 0.15) is 18.1 Å². The number of methoxy groups -OCH3 is 1. The molecule has 0 saturated carbocycles. The normalized spacial score (nSPS) is 11.7. The molecular weight excluding hydrogens is 234 g/mol. The maximum atomic E-state index is 11.0. The minimum absolute atomic E-state index is 0.250. The maximum Gasteiger partial charge on any atom is 0.326 e. The third-order valence-corrected chi connectivity index (χ3v) is 2.57. The van der Waals surface area contributed by atoms with E-state index in [0.717, 1.165) is 16.9 Å². The number of ether oxygens (including phenoxy) is 1. The SMILES string of the molecule is COc1ccc(CC(NC(C)=O)C(=O)O)cc1C. The number of aryl methyl sites for hydroxylation is 1. The fourth-order valence-corrected chi connectivity index (χ4v) is 1.75. The standard InChI is InChI=1S/C13H17NO4/c1-8-6-10(4-5-12(8)18-3)7-11(13(16)17)14-9(2)15/h4-6,11H,7H2,1-3H3,(H,14,15)(H,16,17). The van der Waals surface area contributed by atoms with Gasteiger partial charge in [0.2, 0.25) is 5.91 Å². The number of hydrogen-bond donors (Lipinski definition) is 2. The molecule has 5 nitrogen and oxygen atoms in total. The quantitative estimate of drug-likeness (QED) is 0.822. The van der Waals surface area contributed by atoms with E-state index in [4.69, 9.17) is 9.84 Å². The topological polar surface area (TPSA) is 75.6 Å². The van der Waals surface area contributed by atoms with Crippen molar-refractivity contribution in [2.45, 2.75) is 26.3 Å². The Morgan fingerprint density at radius 3 is 2.56 bits per heavy atom. The Bertz CT molecular complexity index is 456. The molecule has 1 rings (SSSR count). The summed E-state index contributed by atoms with van der Waals surface area (Å²) in [4.78, 5) is 21.9. The van der Waals surface area contributed by atoms with Gasteiger partial charge in [0.15, 0.2) is 0 Å². The summed E-state index contributed by atoms with van der Waals surface area (Å²) in [5, 5.41) is 11.4. The van der Waals surface area contributed by atoms with E-state index < -0.39 is 12.0 Å². The summed E-state index contributed by atoms with van der Waals surface area (Å²) in [6.45, 7) is 3.19. The average Bonchev–Trinajstić information content (AvgIpc) is 2.27. The van der Waals surface area contributed by atoms with Gasteiger partial charge in [-0.25, -0.2) is 4.79 Å². The second-order valence-electron chi connectivity index (χ2n) is 4.10. The Hall–Kier alpha value is -2.04. The summed E-state index contributed by atoms with van der Waals surface area (Å²) < 4.78 is 5.13. The number of benzene rings is 1. The first-order valence-corrected chi connectivity index (χ1v) is 5.57. The first-order valence-electron chi connectivity index (χ1n) is 5.57. The number of carboxylic acid groups (broad SMARTS) is 1. The van der Waals surface area contributed by atoms with E-state index in [2.05, 4.69) is 5.32 Å². The molecule has 0 fully saturated rings. The van der Waals surface area contributed by atoms with Gasteiger partial charge in [-0.15, -0.1) is 0 Å². The van der Waals surface area contributed by atoms with Gasteiger partial charge in [0, 0.05) is 13.3 Å². The molecule has 1 amide bonds. The Morgan fingerprint density at radius 1 is 1.44 bits per heavy atom. The molecule has 0 bridgehead atoms. The van der Waals surface area contributed by atoms with Gasteiger partial charge < -0.3 is 15.2 Å². The molecule has 0 aliphatic carbocycles.